The van der Waals surface area contributed by atoms with Crippen molar-refractivity contribution in [3.05, 3.63) is 65.9 Å². The number of carboxylic acid groups (broad SMARTS) is 1. The van der Waals surface area contributed by atoms with Gasteiger partial charge in [-0.1, -0.05) is 43.2 Å². The van der Waals surface area contributed by atoms with E-state index < -0.39 is 5.97 Å². The van der Waals surface area contributed by atoms with Gasteiger partial charge in [0, 0.05) is 18.8 Å². The van der Waals surface area contributed by atoms with Gasteiger partial charge >= 0.3 is 5.97 Å². The summed E-state index contributed by atoms with van der Waals surface area (Å²) in [5.41, 5.74) is 7.19. The third-order valence-electron chi connectivity index (χ3n) is 5.65. The Labute approximate surface area is 178 Å². The van der Waals surface area contributed by atoms with Crippen molar-refractivity contribution >= 4 is 5.97 Å². The summed E-state index contributed by atoms with van der Waals surface area (Å²) in [5.74, 6) is -0.734. The molecule has 0 saturated heterocycles. The number of unbranched alkanes of at least 4 members (excludes halogenated alkanes) is 2. The zero-order chi connectivity index (χ0) is 21.0. The topological polar surface area (TPSA) is 76.4 Å². The largest absolute Gasteiger partial charge is 0.481 e. The average Bonchev–Trinajstić information content (AvgIpc) is 3.30. The molecule has 1 heterocycles. The fourth-order valence-corrected chi connectivity index (χ4v) is 4.03. The van der Waals surface area contributed by atoms with E-state index in [4.69, 9.17) is 9.94 Å². The van der Waals surface area contributed by atoms with Gasteiger partial charge in [-0.2, -0.15) is 0 Å². The number of hydroxylamine groups is 1. The number of allylic oxidation sites excluding steroid dienone is 2. The minimum absolute atomic E-state index is 0.106. The van der Waals surface area contributed by atoms with E-state index in [0.29, 0.717) is 13.0 Å². The van der Waals surface area contributed by atoms with E-state index >= 15 is 0 Å². The Morgan fingerprint density at radius 1 is 1.13 bits per heavy atom. The second-order valence-corrected chi connectivity index (χ2v) is 7.95. The first-order valence-electron chi connectivity index (χ1n) is 11.1. The van der Waals surface area contributed by atoms with E-state index in [1.165, 1.54) is 30.4 Å². The Bertz CT molecular complexity index is 779. The lowest BCUT2D eigenvalue weighted by Crippen LogP contribution is -2.27. The van der Waals surface area contributed by atoms with Crippen LogP contribution >= 0.6 is 0 Å². The lowest BCUT2D eigenvalue weighted by molar-refractivity contribution is -0.137. The number of hydrogen-bond donors (Lipinski definition) is 2. The van der Waals surface area contributed by atoms with E-state index in [0.717, 1.165) is 37.8 Å². The Morgan fingerprint density at radius 3 is 2.63 bits per heavy atom. The molecule has 1 saturated carbocycles. The predicted octanol–water partition coefficient (Wildman–Crippen LogP) is 5.05. The molecule has 1 aromatic carbocycles. The summed E-state index contributed by atoms with van der Waals surface area (Å²) in [5, 5.41) is 8.75. The molecular weight excluding hydrogens is 378 g/mol. The molecule has 0 bridgehead atoms. The van der Waals surface area contributed by atoms with E-state index in [9.17, 15) is 4.79 Å². The fourth-order valence-electron chi connectivity index (χ4n) is 4.03. The van der Waals surface area contributed by atoms with Crippen LogP contribution in [0, 0.1) is 0 Å². The summed E-state index contributed by atoms with van der Waals surface area (Å²) < 4.78 is 2.16. The predicted molar refractivity (Wildman–Crippen MR) is 117 cm³/mol. The highest BCUT2D eigenvalue weighted by molar-refractivity contribution is 5.66. The minimum atomic E-state index is -0.734. The van der Waals surface area contributed by atoms with Crippen LogP contribution in [0.15, 0.2) is 60.3 Å². The second kappa shape index (κ2) is 12.2. The highest BCUT2D eigenvalue weighted by Gasteiger charge is 2.22. The Balaban J connectivity index is 1.69. The molecule has 6 nitrogen and oxygen atoms in total. The highest BCUT2D eigenvalue weighted by atomic mass is 16.6. The van der Waals surface area contributed by atoms with Gasteiger partial charge in [0.2, 0.25) is 0 Å². The summed E-state index contributed by atoms with van der Waals surface area (Å²) in [4.78, 5) is 20.8. The highest BCUT2D eigenvalue weighted by Crippen LogP contribution is 2.31. The smallest absolute Gasteiger partial charge is 0.303 e. The third-order valence-corrected chi connectivity index (χ3v) is 5.65. The molecule has 0 amide bonds. The number of aromatic nitrogens is 2. The zero-order valence-electron chi connectivity index (χ0n) is 17.6. The number of hydrogen-bond acceptors (Lipinski definition) is 4. The molecule has 3 rings (SSSR count). The van der Waals surface area contributed by atoms with Crippen molar-refractivity contribution in [2.45, 2.75) is 70.3 Å². The second-order valence-electron chi connectivity index (χ2n) is 7.95. The SMILES string of the molecule is O=C(O)CCCCCONC(=C1CCCCC1)C(Cc1ccccc1)n1ccnc1. The number of carboxylic acids is 1. The average molecular weight is 412 g/mol. The van der Waals surface area contributed by atoms with Crippen LogP contribution < -0.4 is 5.48 Å². The summed E-state index contributed by atoms with van der Waals surface area (Å²) in [6.07, 6.45) is 15.1. The van der Waals surface area contributed by atoms with Gasteiger partial charge < -0.3 is 9.67 Å². The van der Waals surface area contributed by atoms with Crippen LogP contribution in [0.3, 0.4) is 0 Å². The molecule has 0 aliphatic heterocycles. The van der Waals surface area contributed by atoms with Crippen molar-refractivity contribution in [2.24, 2.45) is 0 Å². The fraction of sp³-hybridized carbons (Fsp3) is 0.500. The Morgan fingerprint density at radius 2 is 1.93 bits per heavy atom. The monoisotopic (exact) mass is 411 g/mol. The number of benzene rings is 1. The maximum Gasteiger partial charge on any atom is 0.303 e. The van der Waals surface area contributed by atoms with Gasteiger partial charge in [0.05, 0.1) is 24.7 Å². The van der Waals surface area contributed by atoms with Crippen LogP contribution in [0.1, 0.15) is 69.4 Å². The van der Waals surface area contributed by atoms with Crippen LogP contribution in [0.25, 0.3) is 0 Å². The first kappa shape index (κ1) is 22.1. The quantitative estimate of drug-likeness (QED) is 0.377. The van der Waals surface area contributed by atoms with Crippen molar-refractivity contribution in [3.8, 4) is 0 Å². The number of nitrogens with one attached hydrogen (secondary N) is 1. The molecule has 1 unspecified atom stereocenters. The summed E-state index contributed by atoms with van der Waals surface area (Å²) in [6, 6.07) is 10.6. The molecule has 1 aromatic heterocycles. The van der Waals surface area contributed by atoms with Crippen molar-refractivity contribution < 1.29 is 14.7 Å². The first-order valence-corrected chi connectivity index (χ1v) is 11.1. The number of rotatable bonds is 12. The van der Waals surface area contributed by atoms with Crippen LogP contribution in [0.5, 0.6) is 0 Å². The molecule has 30 heavy (non-hydrogen) atoms. The standard InChI is InChI=1S/C24H33N3O3/c28-23(29)14-8-3-9-17-30-26-24(21-12-6-2-7-13-21)22(27-16-15-25-19-27)18-20-10-4-1-5-11-20/h1,4-5,10-11,15-16,19,22,26H,2-3,6-9,12-14,17-18H2,(H,28,29). The molecule has 162 valence electrons. The third kappa shape index (κ3) is 7.02. The number of aliphatic carboxylic acids is 1. The summed E-state index contributed by atoms with van der Waals surface area (Å²) >= 11 is 0. The van der Waals surface area contributed by atoms with Crippen LogP contribution in [-0.4, -0.2) is 27.2 Å². The molecule has 1 fully saturated rings. The van der Waals surface area contributed by atoms with E-state index in [1.807, 2.05) is 24.8 Å². The van der Waals surface area contributed by atoms with E-state index in [1.54, 1.807) is 0 Å². The maximum absolute atomic E-state index is 10.6. The lowest BCUT2D eigenvalue weighted by atomic mass is 9.90. The van der Waals surface area contributed by atoms with E-state index in [-0.39, 0.29) is 12.5 Å². The molecule has 1 atom stereocenters. The van der Waals surface area contributed by atoms with Gasteiger partial charge in [-0.3, -0.25) is 15.1 Å². The van der Waals surface area contributed by atoms with E-state index in [2.05, 4.69) is 39.3 Å². The maximum atomic E-state index is 10.6. The molecule has 6 heteroatoms. The first-order chi connectivity index (χ1) is 14.7. The minimum Gasteiger partial charge on any atom is -0.481 e. The Kier molecular flexibility index (Phi) is 8.97. The Hall–Kier alpha value is -2.60. The van der Waals surface area contributed by atoms with Gasteiger partial charge in [0.1, 0.15) is 0 Å². The van der Waals surface area contributed by atoms with Crippen LogP contribution in [0.2, 0.25) is 0 Å². The molecule has 1 aliphatic carbocycles. The summed E-state index contributed by atoms with van der Waals surface area (Å²) in [6.45, 7) is 0.568. The lowest BCUT2D eigenvalue weighted by Gasteiger charge is -2.28. The molecule has 2 N–H and O–H groups in total. The number of imidazole rings is 1. The molecule has 0 spiro atoms. The number of carbonyl (C=O) groups is 1. The van der Waals surface area contributed by atoms with Gasteiger partial charge in [-0.15, -0.1) is 0 Å². The van der Waals surface area contributed by atoms with Crippen LogP contribution in [-0.2, 0) is 16.1 Å². The van der Waals surface area contributed by atoms with Crippen molar-refractivity contribution in [1.82, 2.24) is 15.0 Å². The normalized spacial score (nSPS) is 15.0. The van der Waals surface area contributed by atoms with Gasteiger partial charge in [0.25, 0.3) is 0 Å². The zero-order valence-corrected chi connectivity index (χ0v) is 17.6. The molecule has 0 radical (unpaired) electrons. The van der Waals surface area contributed by atoms with Gasteiger partial charge in [0.15, 0.2) is 0 Å². The van der Waals surface area contributed by atoms with Crippen molar-refractivity contribution in [1.29, 1.82) is 0 Å². The van der Waals surface area contributed by atoms with Crippen molar-refractivity contribution in [2.75, 3.05) is 6.61 Å². The summed E-state index contributed by atoms with van der Waals surface area (Å²) in [7, 11) is 0. The van der Waals surface area contributed by atoms with Gasteiger partial charge in [-0.25, -0.2) is 4.98 Å². The van der Waals surface area contributed by atoms with Crippen LogP contribution in [0.4, 0.5) is 0 Å². The molecular formula is C24H33N3O3. The van der Waals surface area contributed by atoms with Gasteiger partial charge in [-0.05, 0) is 56.1 Å². The van der Waals surface area contributed by atoms with Crippen molar-refractivity contribution in [3.63, 3.8) is 0 Å². The number of nitrogens with zero attached hydrogens (tertiary/aromatic N) is 2. The molecule has 2 aromatic rings. The molecule has 1 aliphatic rings.